The van der Waals surface area contributed by atoms with Crippen LogP contribution in [-0.4, -0.2) is 32.1 Å². The van der Waals surface area contributed by atoms with Gasteiger partial charge in [0.25, 0.3) is 0 Å². The lowest BCUT2D eigenvalue weighted by Gasteiger charge is -2.33. The lowest BCUT2D eigenvalue weighted by molar-refractivity contribution is -0.135. The van der Waals surface area contributed by atoms with Crippen molar-refractivity contribution in [2.24, 2.45) is 10.7 Å². The maximum atomic E-state index is 12.8. The molecule has 0 radical (unpaired) electrons. The SMILES string of the molecule is COc1ccc(N2C(C(=O)OCCNc3ccccc3)=Nc3occc3C2N)cc1. The van der Waals surface area contributed by atoms with Crippen molar-refractivity contribution in [3.8, 4) is 5.75 Å². The largest absolute Gasteiger partial charge is 0.497 e. The number of fused-ring (bicyclic) bond motifs is 1. The van der Waals surface area contributed by atoms with Gasteiger partial charge in [0.1, 0.15) is 18.5 Å². The molecule has 1 aliphatic rings. The van der Waals surface area contributed by atoms with Gasteiger partial charge in [0.15, 0.2) is 0 Å². The second-order valence-electron chi connectivity index (χ2n) is 6.56. The molecule has 2 heterocycles. The average molecular weight is 406 g/mol. The molecule has 0 aliphatic carbocycles. The highest BCUT2D eigenvalue weighted by Crippen LogP contribution is 2.36. The number of esters is 1. The standard InChI is InChI=1S/C22H22N4O4/c1-28-17-9-7-16(8-10-17)26-19(23)18-11-13-29-21(18)25-20(26)22(27)30-14-12-24-15-5-3-2-4-6-15/h2-11,13,19,24H,12,14,23H2,1H3. The van der Waals surface area contributed by atoms with E-state index < -0.39 is 12.1 Å². The van der Waals surface area contributed by atoms with Crippen LogP contribution >= 0.6 is 0 Å². The Kier molecular flexibility index (Phi) is 5.67. The van der Waals surface area contributed by atoms with Crippen LogP contribution in [0.4, 0.5) is 17.3 Å². The maximum Gasteiger partial charge on any atom is 0.374 e. The molecule has 0 fully saturated rings. The first-order valence-electron chi connectivity index (χ1n) is 9.48. The molecule has 1 atom stereocenters. The number of carbonyl (C=O) groups excluding carboxylic acids is 1. The Bertz CT molecular complexity index is 1030. The maximum absolute atomic E-state index is 12.8. The molecule has 0 saturated heterocycles. The molecule has 30 heavy (non-hydrogen) atoms. The molecule has 1 aliphatic heterocycles. The van der Waals surface area contributed by atoms with Crippen LogP contribution in [0.2, 0.25) is 0 Å². The number of rotatable bonds is 7. The highest BCUT2D eigenvalue weighted by Gasteiger charge is 2.35. The average Bonchev–Trinajstić information content (AvgIpc) is 3.26. The second-order valence-corrected chi connectivity index (χ2v) is 6.56. The Morgan fingerprint density at radius 1 is 1.17 bits per heavy atom. The number of nitrogens with one attached hydrogen (secondary N) is 1. The van der Waals surface area contributed by atoms with Gasteiger partial charge in [-0.25, -0.2) is 4.79 Å². The fraction of sp³-hybridized carbons (Fsp3) is 0.182. The van der Waals surface area contributed by atoms with Gasteiger partial charge < -0.3 is 24.9 Å². The van der Waals surface area contributed by atoms with Gasteiger partial charge in [-0.15, -0.1) is 0 Å². The number of methoxy groups -OCH3 is 1. The molecule has 8 heteroatoms. The fourth-order valence-electron chi connectivity index (χ4n) is 3.18. The fourth-order valence-corrected chi connectivity index (χ4v) is 3.18. The molecule has 1 aromatic heterocycles. The third kappa shape index (κ3) is 3.99. The van der Waals surface area contributed by atoms with Gasteiger partial charge >= 0.3 is 5.97 Å². The van der Waals surface area contributed by atoms with E-state index in [1.54, 1.807) is 30.2 Å². The molecule has 0 bridgehead atoms. The van der Waals surface area contributed by atoms with E-state index in [4.69, 9.17) is 19.6 Å². The van der Waals surface area contributed by atoms with E-state index in [2.05, 4.69) is 10.3 Å². The number of furan rings is 1. The summed E-state index contributed by atoms with van der Waals surface area (Å²) in [4.78, 5) is 18.8. The third-order valence-electron chi connectivity index (χ3n) is 4.68. The summed E-state index contributed by atoms with van der Waals surface area (Å²) in [5, 5.41) is 3.19. The van der Waals surface area contributed by atoms with Crippen molar-refractivity contribution in [3.63, 3.8) is 0 Å². The van der Waals surface area contributed by atoms with Crippen LogP contribution in [0.3, 0.4) is 0 Å². The number of benzene rings is 2. The summed E-state index contributed by atoms with van der Waals surface area (Å²) in [5.74, 6) is 0.482. The summed E-state index contributed by atoms with van der Waals surface area (Å²) in [6.45, 7) is 0.632. The minimum Gasteiger partial charge on any atom is -0.497 e. The van der Waals surface area contributed by atoms with Crippen LogP contribution in [0.1, 0.15) is 11.7 Å². The van der Waals surface area contributed by atoms with E-state index in [0.717, 1.165) is 5.69 Å². The van der Waals surface area contributed by atoms with Crippen LogP contribution in [0.15, 0.2) is 76.3 Å². The number of nitrogens with zero attached hydrogens (tertiary/aromatic N) is 2. The van der Waals surface area contributed by atoms with E-state index >= 15 is 0 Å². The van der Waals surface area contributed by atoms with E-state index in [1.165, 1.54) is 6.26 Å². The summed E-state index contributed by atoms with van der Waals surface area (Å²) in [5.41, 5.74) is 8.76. The van der Waals surface area contributed by atoms with E-state index in [0.29, 0.717) is 29.4 Å². The zero-order valence-corrected chi connectivity index (χ0v) is 16.4. The van der Waals surface area contributed by atoms with Crippen molar-refractivity contribution in [3.05, 3.63) is 72.5 Å². The monoisotopic (exact) mass is 406 g/mol. The first-order valence-corrected chi connectivity index (χ1v) is 9.48. The first kappa shape index (κ1) is 19.5. The smallest absolute Gasteiger partial charge is 0.374 e. The van der Waals surface area contributed by atoms with Gasteiger partial charge in [-0.3, -0.25) is 4.90 Å². The van der Waals surface area contributed by atoms with Crippen LogP contribution in [0.5, 0.6) is 5.75 Å². The number of para-hydroxylation sites is 1. The van der Waals surface area contributed by atoms with Crippen molar-refractivity contribution in [1.82, 2.24) is 0 Å². The Morgan fingerprint density at radius 3 is 2.67 bits per heavy atom. The zero-order valence-electron chi connectivity index (χ0n) is 16.4. The summed E-state index contributed by atoms with van der Waals surface area (Å²) in [6.07, 6.45) is 0.854. The molecule has 2 aromatic carbocycles. The van der Waals surface area contributed by atoms with Gasteiger partial charge in [0, 0.05) is 17.9 Å². The minimum atomic E-state index is -0.644. The molecule has 154 valence electrons. The Balaban J connectivity index is 1.51. The molecule has 1 unspecified atom stereocenters. The Labute approximate surface area is 173 Å². The van der Waals surface area contributed by atoms with Gasteiger partial charge in [0.05, 0.1) is 18.9 Å². The van der Waals surface area contributed by atoms with Gasteiger partial charge in [-0.2, -0.15) is 4.99 Å². The zero-order chi connectivity index (χ0) is 20.9. The number of carbonyl (C=O) groups is 1. The topological polar surface area (TPSA) is 102 Å². The van der Waals surface area contributed by atoms with Crippen molar-refractivity contribution in [2.75, 3.05) is 30.5 Å². The molecule has 0 spiro atoms. The molecule has 0 amide bonds. The lowest BCUT2D eigenvalue weighted by Crippen LogP contribution is -2.46. The molecule has 3 aromatic rings. The number of hydrogen-bond donors (Lipinski definition) is 2. The van der Waals surface area contributed by atoms with Crippen LogP contribution < -0.4 is 20.7 Å². The minimum absolute atomic E-state index is 0.0647. The van der Waals surface area contributed by atoms with Crippen molar-refractivity contribution >= 4 is 29.1 Å². The molecule has 3 N–H and O–H groups in total. The molecular weight excluding hydrogens is 384 g/mol. The van der Waals surface area contributed by atoms with Crippen LogP contribution in [0.25, 0.3) is 0 Å². The normalized spacial score (nSPS) is 15.2. The first-order chi connectivity index (χ1) is 14.7. The Morgan fingerprint density at radius 2 is 1.93 bits per heavy atom. The number of ether oxygens (including phenoxy) is 2. The highest BCUT2D eigenvalue weighted by molar-refractivity contribution is 6.41. The van der Waals surface area contributed by atoms with Crippen molar-refractivity contribution in [1.29, 1.82) is 0 Å². The van der Waals surface area contributed by atoms with Crippen LogP contribution in [0, 0.1) is 0 Å². The highest BCUT2D eigenvalue weighted by atomic mass is 16.5. The van der Waals surface area contributed by atoms with E-state index in [9.17, 15) is 4.79 Å². The molecular formula is C22H22N4O4. The van der Waals surface area contributed by atoms with Gasteiger partial charge in [0.2, 0.25) is 11.7 Å². The molecule has 8 nitrogen and oxygen atoms in total. The number of anilines is 2. The quantitative estimate of drug-likeness (QED) is 0.458. The number of amidine groups is 1. The number of nitrogens with two attached hydrogens (primary N) is 1. The third-order valence-corrected chi connectivity index (χ3v) is 4.68. The summed E-state index contributed by atoms with van der Waals surface area (Å²) < 4.78 is 16.0. The summed E-state index contributed by atoms with van der Waals surface area (Å²) in [7, 11) is 1.59. The number of hydrogen-bond acceptors (Lipinski definition) is 8. The summed E-state index contributed by atoms with van der Waals surface area (Å²) >= 11 is 0. The van der Waals surface area contributed by atoms with Gasteiger partial charge in [-0.05, 0) is 42.5 Å². The molecule has 0 saturated carbocycles. The van der Waals surface area contributed by atoms with Crippen molar-refractivity contribution < 1.29 is 18.7 Å². The van der Waals surface area contributed by atoms with E-state index in [-0.39, 0.29) is 12.4 Å². The second kappa shape index (κ2) is 8.71. The Hall–Kier alpha value is -3.78. The lowest BCUT2D eigenvalue weighted by atomic mass is 10.1. The predicted octanol–water partition coefficient (Wildman–Crippen LogP) is 3.45. The molecule has 4 rings (SSSR count). The summed E-state index contributed by atoms with van der Waals surface area (Å²) in [6, 6.07) is 18.6. The predicted molar refractivity (Wildman–Crippen MR) is 114 cm³/mol. The van der Waals surface area contributed by atoms with Crippen molar-refractivity contribution in [2.45, 2.75) is 6.17 Å². The van der Waals surface area contributed by atoms with Gasteiger partial charge in [-0.1, -0.05) is 18.2 Å². The number of aliphatic imine (C=N–C) groups is 1. The van der Waals surface area contributed by atoms with E-state index in [1.807, 2.05) is 42.5 Å². The van der Waals surface area contributed by atoms with Crippen LogP contribution in [-0.2, 0) is 9.53 Å².